The van der Waals surface area contributed by atoms with Crippen LogP contribution in [0, 0.1) is 11.3 Å². The van der Waals surface area contributed by atoms with Gasteiger partial charge >= 0.3 is 0 Å². The quantitative estimate of drug-likeness (QED) is 0.857. The molecule has 0 saturated heterocycles. The Balaban J connectivity index is 2.25. The highest BCUT2D eigenvalue weighted by atomic mass is 35.5. The number of halogens is 2. The van der Waals surface area contributed by atoms with E-state index in [1.807, 2.05) is 30.3 Å². The third-order valence-corrected chi connectivity index (χ3v) is 3.96. The van der Waals surface area contributed by atoms with Gasteiger partial charge in [-0.3, -0.25) is 0 Å². The van der Waals surface area contributed by atoms with E-state index in [9.17, 15) is 5.26 Å². The lowest BCUT2D eigenvalue weighted by atomic mass is 9.83. The van der Waals surface area contributed by atoms with Crippen molar-refractivity contribution in [3.8, 4) is 11.8 Å². The lowest BCUT2D eigenvalue weighted by molar-refractivity contribution is 0.393. The molecular formula is C16H10Cl2N2O. The first-order valence-electron chi connectivity index (χ1n) is 6.23. The molecule has 1 heterocycles. The first kappa shape index (κ1) is 13.8. The van der Waals surface area contributed by atoms with E-state index in [2.05, 4.69) is 6.07 Å². The van der Waals surface area contributed by atoms with Crippen LogP contribution in [0.1, 0.15) is 17.0 Å². The molecule has 2 N–H and O–H groups in total. The summed E-state index contributed by atoms with van der Waals surface area (Å²) in [7, 11) is 0. The van der Waals surface area contributed by atoms with Gasteiger partial charge in [-0.15, -0.1) is 0 Å². The number of ether oxygens (including phenoxy) is 1. The molecule has 1 atom stereocenters. The van der Waals surface area contributed by atoms with E-state index in [0.29, 0.717) is 21.4 Å². The molecule has 3 rings (SSSR count). The zero-order valence-electron chi connectivity index (χ0n) is 10.8. The van der Waals surface area contributed by atoms with Crippen molar-refractivity contribution < 1.29 is 4.74 Å². The molecule has 0 bridgehead atoms. The van der Waals surface area contributed by atoms with E-state index in [-0.39, 0.29) is 11.8 Å². The number of nitrogens with zero attached hydrogens (tertiary/aromatic N) is 1. The molecule has 0 saturated carbocycles. The maximum absolute atomic E-state index is 9.43. The SMILES string of the molecule is N#CC1=C(N)Oc2ccccc2[C@@H]1c1ccc(Cl)cc1Cl. The van der Waals surface area contributed by atoms with Gasteiger partial charge in [0.05, 0.1) is 5.92 Å². The minimum Gasteiger partial charge on any atom is -0.440 e. The molecule has 1 aliphatic rings. The van der Waals surface area contributed by atoms with Gasteiger partial charge < -0.3 is 10.5 Å². The average molecular weight is 317 g/mol. The fourth-order valence-electron chi connectivity index (χ4n) is 2.46. The van der Waals surface area contributed by atoms with Gasteiger partial charge in [-0.1, -0.05) is 47.5 Å². The lowest BCUT2D eigenvalue weighted by Crippen LogP contribution is -2.21. The second-order valence-electron chi connectivity index (χ2n) is 4.63. The van der Waals surface area contributed by atoms with Crippen molar-refractivity contribution in [1.82, 2.24) is 0 Å². The zero-order chi connectivity index (χ0) is 15.0. The smallest absolute Gasteiger partial charge is 0.205 e. The molecule has 0 aliphatic carbocycles. The van der Waals surface area contributed by atoms with E-state index in [0.717, 1.165) is 11.1 Å². The Morgan fingerprint density at radius 1 is 1.10 bits per heavy atom. The van der Waals surface area contributed by atoms with Crippen LogP contribution >= 0.6 is 23.2 Å². The van der Waals surface area contributed by atoms with Gasteiger partial charge in [0.25, 0.3) is 0 Å². The third-order valence-electron chi connectivity index (χ3n) is 3.40. The average Bonchev–Trinajstić information content (AvgIpc) is 2.46. The molecule has 0 amide bonds. The number of fused-ring (bicyclic) bond motifs is 1. The first-order valence-corrected chi connectivity index (χ1v) is 6.99. The molecule has 0 unspecified atom stereocenters. The normalized spacial score (nSPS) is 16.9. The van der Waals surface area contributed by atoms with Crippen LogP contribution < -0.4 is 10.5 Å². The van der Waals surface area contributed by atoms with Gasteiger partial charge in [-0.05, 0) is 23.8 Å². The van der Waals surface area contributed by atoms with Crippen LogP contribution in [0.15, 0.2) is 53.9 Å². The summed E-state index contributed by atoms with van der Waals surface area (Å²) >= 11 is 12.2. The molecule has 3 nitrogen and oxygen atoms in total. The molecule has 21 heavy (non-hydrogen) atoms. The van der Waals surface area contributed by atoms with Gasteiger partial charge in [0.1, 0.15) is 17.4 Å². The van der Waals surface area contributed by atoms with E-state index >= 15 is 0 Å². The van der Waals surface area contributed by atoms with E-state index in [1.54, 1.807) is 12.1 Å². The third kappa shape index (κ3) is 2.33. The molecule has 5 heteroatoms. The maximum Gasteiger partial charge on any atom is 0.205 e. The Morgan fingerprint density at radius 2 is 1.86 bits per heavy atom. The number of para-hydroxylation sites is 1. The number of benzene rings is 2. The summed E-state index contributed by atoms with van der Waals surface area (Å²) in [5.41, 5.74) is 7.85. The van der Waals surface area contributed by atoms with Crippen LogP contribution in [0.5, 0.6) is 5.75 Å². The van der Waals surface area contributed by atoms with Gasteiger partial charge in [0, 0.05) is 15.6 Å². The van der Waals surface area contributed by atoms with Crippen LogP contribution in [-0.4, -0.2) is 0 Å². The number of nitrogens with two attached hydrogens (primary N) is 1. The van der Waals surface area contributed by atoms with Crippen molar-refractivity contribution in [2.24, 2.45) is 5.73 Å². The Kier molecular flexibility index (Phi) is 3.50. The Labute approximate surface area is 132 Å². The van der Waals surface area contributed by atoms with Gasteiger partial charge in [0.2, 0.25) is 5.88 Å². The molecule has 0 spiro atoms. The monoisotopic (exact) mass is 316 g/mol. The summed E-state index contributed by atoms with van der Waals surface area (Å²) in [6.45, 7) is 0. The van der Waals surface area contributed by atoms with Crippen molar-refractivity contribution in [2.75, 3.05) is 0 Å². The number of hydrogen-bond donors (Lipinski definition) is 1. The molecule has 0 fully saturated rings. The van der Waals surface area contributed by atoms with Gasteiger partial charge in [-0.2, -0.15) is 5.26 Å². The Bertz CT molecular complexity index is 793. The number of hydrogen-bond acceptors (Lipinski definition) is 3. The first-order chi connectivity index (χ1) is 10.1. The van der Waals surface area contributed by atoms with E-state index in [1.165, 1.54) is 0 Å². The van der Waals surface area contributed by atoms with Gasteiger partial charge in [-0.25, -0.2) is 0 Å². The van der Waals surface area contributed by atoms with Crippen molar-refractivity contribution in [3.05, 3.63) is 75.1 Å². The summed E-state index contributed by atoms with van der Waals surface area (Å²) < 4.78 is 5.52. The van der Waals surface area contributed by atoms with Gasteiger partial charge in [0.15, 0.2) is 0 Å². The van der Waals surface area contributed by atoms with Crippen LogP contribution in [0.3, 0.4) is 0 Å². The van der Waals surface area contributed by atoms with Crippen molar-refractivity contribution in [1.29, 1.82) is 5.26 Å². The predicted molar refractivity (Wildman–Crippen MR) is 82.2 cm³/mol. The molecular weight excluding hydrogens is 307 g/mol. The molecule has 2 aromatic carbocycles. The second kappa shape index (κ2) is 5.33. The largest absolute Gasteiger partial charge is 0.440 e. The Morgan fingerprint density at radius 3 is 2.57 bits per heavy atom. The summed E-state index contributed by atoms with van der Waals surface area (Å²) in [4.78, 5) is 0. The number of nitriles is 1. The van der Waals surface area contributed by atoms with E-state index in [4.69, 9.17) is 33.7 Å². The lowest BCUT2D eigenvalue weighted by Gasteiger charge is -2.26. The van der Waals surface area contributed by atoms with Crippen molar-refractivity contribution in [2.45, 2.75) is 5.92 Å². The molecule has 0 aromatic heterocycles. The summed E-state index contributed by atoms with van der Waals surface area (Å²) in [6, 6.07) is 14.8. The van der Waals surface area contributed by atoms with Crippen molar-refractivity contribution in [3.63, 3.8) is 0 Å². The highest BCUT2D eigenvalue weighted by molar-refractivity contribution is 6.35. The standard InChI is InChI=1S/C16H10Cl2N2O/c17-9-5-6-10(13(18)7-9)15-11-3-1-2-4-14(11)21-16(20)12(15)8-19/h1-7,15H,20H2/t15-/m0/s1. The molecule has 0 radical (unpaired) electrons. The highest BCUT2D eigenvalue weighted by Gasteiger charge is 2.31. The predicted octanol–water partition coefficient (Wildman–Crippen LogP) is 4.21. The topological polar surface area (TPSA) is 59.0 Å². The Hall–Kier alpha value is -2.15. The highest BCUT2D eigenvalue weighted by Crippen LogP contribution is 2.44. The molecule has 1 aliphatic heterocycles. The van der Waals surface area contributed by atoms with Crippen LogP contribution in [0.2, 0.25) is 10.0 Å². The zero-order valence-corrected chi connectivity index (χ0v) is 12.3. The summed E-state index contributed by atoms with van der Waals surface area (Å²) in [5.74, 6) is 0.377. The van der Waals surface area contributed by atoms with E-state index < -0.39 is 0 Å². The summed E-state index contributed by atoms with van der Waals surface area (Å²) in [6.07, 6.45) is 0. The summed E-state index contributed by atoms with van der Waals surface area (Å²) in [5, 5.41) is 10.5. The van der Waals surface area contributed by atoms with Crippen LogP contribution in [-0.2, 0) is 0 Å². The minimum absolute atomic E-state index is 0.104. The van der Waals surface area contributed by atoms with Crippen LogP contribution in [0.4, 0.5) is 0 Å². The fourth-order valence-corrected chi connectivity index (χ4v) is 2.98. The van der Waals surface area contributed by atoms with Crippen molar-refractivity contribution >= 4 is 23.2 Å². The van der Waals surface area contributed by atoms with Crippen LogP contribution in [0.25, 0.3) is 0 Å². The maximum atomic E-state index is 9.43. The fraction of sp³-hybridized carbons (Fsp3) is 0.0625. The minimum atomic E-state index is -0.357. The molecule has 104 valence electrons. The molecule has 2 aromatic rings. The second-order valence-corrected chi connectivity index (χ2v) is 5.47. The number of rotatable bonds is 1. The number of allylic oxidation sites excluding steroid dienone is 1.